The summed E-state index contributed by atoms with van der Waals surface area (Å²) in [5, 5.41) is 2.85. The van der Waals surface area contributed by atoms with E-state index in [4.69, 9.17) is 0 Å². The minimum absolute atomic E-state index is 0.0224. The fourth-order valence-corrected chi connectivity index (χ4v) is 2.90. The molecular weight excluding hydrogens is 276 g/mol. The molecule has 0 radical (unpaired) electrons. The molecule has 0 atom stereocenters. The third-order valence-corrected chi connectivity index (χ3v) is 4.24. The maximum atomic E-state index is 11.9. The number of benzene rings is 1. The van der Waals surface area contributed by atoms with Crippen LogP contribution in [0.2, 0.25) is 0 Å². The lowest BCUT2D eigenvalue weighted by molar-refractivity contribution is -0.130. The van der Waals surface area contributed by atoms with E-state index in [-0.39, 0.29) is 11.8 Å². The third kappa shape index (κ3) is 4.86. The molecule has 1 aliphatic rings. The van der Waals surface area contributed by atoms with Gasteiger partial charge in [0.2, 0.25) is 11.8 Å². The van der Waals surface area contributed by atoms with Crippen molar-refractivity contribution in [1.29, 1.82) is 0 Å². The van der Waals surface area contributed by atoms with Crippen molar-refractivity contribution in [2.45, 2.75) is 46.0 Å². The van der Waals surface area contributed by atoms with Gasteiger partial charge >= 0.3 is 0 Å². The van der Waals surface area contributed by atoms with Gasteiger partial charge in [0, 0.05) is 32.5 Å². The quantitative estimate of drug-likeness (QED) is 0.877. The minimum Gasteiger partial charge on any atom is -0.356 e. The molecule has 0 aromatic heterocycles. The van der Waals surface area contributed by atoms with Gasteiger partial charge < -0.3 is 10.2 Å². The standard InChI is InChI=1S/C18H26N2O2/c1-14-5-6-16(15(2)13-14)7-8-17(21)19-10-9-18(22)20-11-3-4-12-20/h5-6,13H,3-4,7-12H2,1-2H3,(H,19,21). The van der Waals surface area contributed by atoms with Crippen LogP contribution in [-0.2, 0) is 16.0 Å². The van der Waals surface area contributed by atoms with Gasteiger partial charge in [0.1, 0.15) is 0 Å². The molecular formula is C18H26N2O2. The van der Waals surface area contributed by atoms with Gasteiger partial charge in [0.25, 0.3) is 0 Å². The summed E-state index contributed by atoms with van der Waals surface area (Å²) < 4.78 is 0. The average Bonchev–Trinajstić information content (AvgIpc) is 3.00. The summed E-state index contributed by atoms with van der Waals surface area (Å²) in [6.45, 7) is 6.34. The molecule has 2 amide bonds. The Kier molecular flexibility index (Phi) is 5.99. The number of aryl methyl sites for hydroxylation is 3. The van der Waals surface area contributed by atoms with E-state index in [1.807, 2.05) is 4.90 Å². The van der Waals surface area contributed by atoms with Crippen LogP contribution in [0.4, 0.5) is 0 Å². The van der Waals surface area contributed by atoms with E-state index in [9.17, 15) is 9.59 Å². The summed E-state index contributed by atoms with van der Waals surface area (Å²) in [5.41, 5.74) is 3.69. The molecule has 0 spiro atoms. The molecule has 1 aromatic rings. The molecule has 2 rings (SSSR count). The molecule has 4 heteroatoms. The molecule has 0 saturated carbocycles. The van der Waals surface area contributed by atoms with E-state index >= 15 is 0 Å². The Morgan fingerprint density at radius 1 is 1.14 bits per heavy atom. The highest BCUT2D eigenvalue weighted by Gasteiger charge is 2.17. The van der Waals surface area contributed by atoms with Crippen molar-refractivity contribution in [2.75, 3.05) is 19.6 Å². The van der Waals surface area contributed by atoms with Gasteiger partial charge in [-0.25, -0.2) is 0 Å². The molecule has 1 aliphatic heterocycles. The van der Waals surface area contributed by atoms with Crippen LogP contribution < -0.4 is 5.32 Å². The Morgan fingerprint density at radius 2 is 1.86 bits per heavy atom. The number of carbonyl (C=O) groups is 2. The van der Waals surface area contributed by atoms with Gasteiger partial charge in [-0.2, -0.15) is 0 Å². The lowest BCUT2D eigenvalue weighted by Gasteiger charge is -2.15. The van der Waals surface area contributed by atoms with E-state index in [0.717, 1.165) is 32.4 Å². The Hall–Kier alpha value is -1.84. The van der Waals surface area contributed by atoms with Crippen LogP contribution in [0.15, 0.2) is 18.2 Å². The SMILES string of the molecule is Cc1ccc(CCC(=O)NCCC(=O)N2CCCC2)c(C)c1. The van der Waals surface area contributed by atoms with E-state index < -0.39 is 0 Å². The number of amides is 2. The van der Waals surface area contributed by atoms with Crippen molar-refractivity contribution in [3.05, 3.63) is 34.9 Å². The van der Waals surface area contributed by atoms with Crippen molar-refractivity contribution < 1.29 is 9.59 Å². The second-order valence-electron chi connectivity index (χ2n) is 6.12. The third-order valence-electron chi connectivity index (χ3n) is 4.24. The first-order valence-corrected chi connectivity index (χ1v) is 8.17. The van der Waals surface area contributed by atoms with E-state index in [1.165, 1.54) is 16.7 Å². The monoisotopic (exact) mass is 302 g/mol. The van der Waals surface area contributed by atoms with Gasteiger partial charge in [0.15, 0.2) is 0 Å². The molecule has 22 heavy (non-hydrogen) atoms. The van der Waals surface area contributed by atoms with E-state index in [0.29, 0.717) is 19.4 Å². The van der Waals surface area contributed by atoms with Gasteiger partial charge in [-0.15, -0.1) is 0 Å². The number of carbonyl (C=O) groups excluding carboxylic acids is 2. The molecule has 1 aromatic carbocycles. The zero-order valence-corrected chi connectivity index (χ0v) is 13.7. The smallest absolute Gasteiger partial charge is 0.224 e. The Balaban J connectivity index is 1.66. The predicted molar refractivity (Wildman–Crippen MR) is 87.7 cm³/mol. The van der Waals surface area contributed by atoms with Crippen LogP contribution >= 0.6 is 0 Å². The Labute approximate surface area is 132 Å². The van der Waals surface area contributed by atoms with Crippen LogP contribution in [0, 0.1) is 13.8 Å². The van der Waals surface area contributed by atoms with Crippen LogP contribution in [0.25, 0.3) is 0 Å². The molecule has 120 valence electrons. The molecule has 1 heterocycles. The van der Waals surface area contributed by atoms with Crippen molar-refractivity contribution in [3.63, 3.8) is 0 Å². The lowest BCUT2D eigenvalue weighted by atomic mass is 10.0. The maximum absolute atomic E-state index is 11.9. The highest BCUT2D eigenvalue weighted by molar-refractivity contribution is 5.79. The first-order valence-electron chi connectivity index (χ1n) is 8.17. The molecule has 1 saturated heterocycles. The van der Waals surface area contributed by atoms with E-state index in [2.05, 4.69) is 37.4 Å². The largest absolute Gasteiger partial charge is 0.356 e. The van der Waals surface area contributed by atoms with Gasteiger partial charge in [-0.1, -0.05) is 23.8 Å². The van der Waals surface area contributed by atoms with Crippen LogP contribution in [0.5, 0.6) is 0 Å². The topological polar surface area (TPSA) is 49.4 Å². The first kappa shape index (κ1) is 16.5. The van der Waals surface area contributed by atoms with Crippen LogP contribution in [0.3, 0.4) is 0 Å². The Bertz CT molecular complexity index is 534. The minimum atomic E-state index is 0.0224. The number of hydrogen-bond acceptors (Lipinski definition) is 2. The zero-order chi connectivity index (χ0) is 15.9. The molecule has 0 unspecified atom stereocenters. The van der Waals surface area contributed by atoms with Gasteiger partial charge in [-0.3, -0.25) is 9.59 Å². The highest BCUT2D eigenvalue weighted by Crippen LogP contribution is 2.12. The number of likely N-dealkylation sites (tertiary alicyclic amines) is 1. The average molecular weight is 302 g/mol. The summed E-state index contributed by atoms with van der Waals surface area (Å²) in [6, 6.07) is 6.31. The number of nitrogens with one attached hydrogen (secondary N) is 1. The number of rotatable bonds is 6. The first-order chi connectivity index (χ1) is 10.6. The summed E-state index contributed by atoms with van der Waals surface area (Å²) in [7, 11) is 0. The summed E-state index contributed by atoms with van der Waals surface area (Å²) in [5.74, 6) is 0.182. The number of nitrogens with zero attached hydrogens (tertiary/aromatic N) is 1. The highest BCUT2D eigenvalue weighted by atomic mass is 16.2. The van der Waals surface area contributed by atoms with E-state index in [1.54, 1.807) is 0 Å². The van der Waals surface area contributed by atoms with Crippen LogP contribution in [-0.4, -0.2) is 36.3 Å². The molecule has 4 nitrogen and oxygen atoms in total. The van der Waals surface area contributed by atoms with Gasteiger partial charge in [-0.05, 0) is 44.2 Å². The second-order valence-corrected chi connectivity index (χ2v) is 6.12. The van der Waals surface area contributed by atoms with Crippen molar-refractivity contribution in [2.24, 2.45) is 0 Å². The molecule has 0 bridgehead atoms. The molecule has 0 aliphatic carbocycles. The summed E-state index contributed by atoms with van der Waals surface area (Å²) >= 11 is 0. The maximum Gasteiger partial charge on any atom is 0.224 e. The number of hydrogen-bond donors (Lipinski definition) is 1. The molecule has 1 fully saturated rings. The molecule has 1 N–H and O–H groups in total. The lowest BCUT2D eigenvalue weighted by Crippen LogP contribution is -2.32. The Morgan fingerprint density at radius 3 is 2.55 bits per heavy atom. The predicted octanol–water partition coefficient (Wildman–Crippen LogP) is 2.36. The van der Waals surface area contributed by atoms with Crippen molar-refractivity contribution in [1.82, 2.24) is 10.2 Å². The summed E-state index contributed by atoms with van der Waals surface area (Å²) in [6.07, 6.45) is 3.84. The summed E-state index contributed by atoms with van der Waals surface area (Å²) in [4.78, 5) is 25.6. The van der Waals surface area contributed by atoms with Crippen molar-refractivity contribution >= 4 is 11.8 Å². The fourth-order valence-electron chi connectivity index (χ4n) is 2.90. The van der Waals surface area contributed by atoms with Crippen molar-refractivity contribution in [3.8, 4) is 0 Å². The van der Waals surface area contributed by atoms with Gasteiger partial charge in [0.05, 0.1) is 0 Å². The fraction of sp³-hybridized carbons (Fsp3) is 0.556. The normalized spacial score (nSPS) is 14.2. The van der Waals surface area contributed by atoms with Crippen LogP contribution in [0.1, 0.15) is 42.4 Å². The zero-order valence-electron chi connectivity index (χ0n) is 13.7. The second kappa shape index (κ2) is 7.97.